The second-order valence-electron chi connectivity index (χ2n) is 5.92. The second kappa shape index (κ2) is 8.53. The quantitative estimate of drug-likeness (QED) is 0.739. The normalized spacial score (nSPS) is 12.8. The molecule has 5 nitrogen and oxygen atoms in total. The van der Waals surface area contributed by atoms with Gasteiger partial charge in [0.05, 0.1) is 12.1 Å². The summed E-state index contributed by atoms with van der Waals surface area (Å²) in [6.07, 6.45) is 0. The lowest BCUT2D eigenvalue weighted by Gasteiger charge is -2.19. The van der Waals surface area contributed by atoms with E-state index in [2.05, 4.69) is 16.0 Å². The second-order valence-corrected chi connectivity index (χ2v) is 6.36. The third kappa shape index (κ3) is 5.80. The van der Waals surface area contributed by atoms with Crippen molar-refractivity contribution in [3.8, 4) is 0 Å². The molecule has 0 fully saturated rings. The fourth-order valence-corrected chi connectivity index (χ4v) is 2.57. The zero-order valence-electron chi connectivity index (χ0n) is 14.5. The van der Waals surface area contributed by atoms with Crippen molar-refractivity contribution in [2.75, 3.05) is 5.32 Å². The van der Waals surface area contributed by atoms with Crippen LogP contribution in [0.3, 0.4) is 0 Å². The van der Waals surface area contributed by atoms with Crippen LogP contribution in [0.25, 0.3) is 0 Å². The molecule has 0 saturated carbocycles. The first-order valence-corrected chi connectivity index (χ1v) is 8.43. The van der Waals surface area contributed by atoms with Gasteiger partial charge in [-0.3, -0.25) is 4.79 Å². The summed E-state index contributed by atoms with van der Waals surface area (Å²) < 4.78 is 0. The van der Waals surface area contributed by atoms with Gasteiger partial charge in [-0.05, 0) is 49.2 Å². The molecule has 0 aliphatic carbocycles. The molecule has 3 amide bonds. The zero-order valence-corrected chi connectivity index (χ0v) is 15.2. The van der Waals surface area contributed by atoms with Gasteiger partial charge in [0.1, 0.15) is 0 Å². The Morgan fingerprint density at radius 1 is 0.920 bits per heavy atom. The summed E-state index contributed by atoms with van der Waals surface area (Å²) in [6, 6.07) is 14.1. The molecule has 0 aliphatic rings. The van der Waals surface area contributed by atoms with Gasteiger partial charge in [0, 0.05) is 17.6 Å². The number of carbonyl (C=O) groups is 2. The van der Waals surface area contributed by atoms with E-state index in [1.165, 1.54) is 6.92 Å². The highest BCUT2D eigenvalue weighted by atomic mass is 35.5. The summed E-state index contributed by atoms with van der Waals surface area (Å²) in [5.41, 5.74) is 2.58. The van der Waals surface area contributed by atoms with Gasteiger partial charge in [0.2, 0.25) is 5.91 Å². The van der Waals surface area contributed by atoms with Gasteiger partial charge >= 0.3 is 6.03 Å². The van der Waals surface area contributed by atoms with Gasteiger partial charge in [0.25, 0.3) is 0 Å². The first-order chi connectivity index (χ1) is 11.8. The molecule has 132 valence electrons. The summed E-state index contributed by atoms with van der Waals surface area (Å²) in [4.78, 5) is 23.4. The molecular weight excluding hydrogens is 338 g/mol. The number of urea groups is 1. The molecule has 0 aliphatic heterocycles. The molecular formula is C19H22ClN3O2. The molecule has 3 N–H and O–H groups in total. The summed E-state index contributed by atoms with van der Waals surface area (Å²) in [5.74, 6) is -0.132. The molecule has 0 aromatic heterocycles. The third-order valence-corrected chi connectivity index (χ3v) is 4.02. The number of hydrogen-bond acceptors (Lipinski definition) is 2. The highest BCUT2D eigenvalue weighted by molar-refractivity contribution is 6.30. The Hall–Kier alpha value is -2.53. The van der Waals surface area contributed by atoms with E-state index in [0.717, 1.165) is 11.1 Å². The van der Waals surface area contributed by atoms with Crippen LogP contribution < -0.4 is 16.0 Å². The van der Waals surface area contributed by atoms with E-state index in [9.17, 15) is 9.59 Å². The van der Waals surface area contributed by atoms with Crippen LogP contribution in [-0.4, -0.2) is 11.9 Å². The number of halogens is 1. The fraction of sp³-hybridized carbons (Fsp3) is 0.263. The number of rotatable bonds is 5. The van der Waals surface area contributed by atoms with E-state index in [1.54, 1.807) is 18.2 Å². The largest absolute Gasteiger partial charge is 0.332 e. The summed E-state index contributed by atoms with van der Waals surface area (Å²) in [5, 5.41) is 9.19. The Kier molecular flexibility index (Phi) is 6.42. The monoisotopic (exact) mass is 359 g/mol. The van der Waals surface area contributed by atoms with Crippen molar-refractivity contribution in [3.63, 3.8) is 0 Å². The first-order valence-electron chi connectivity index (χ1n) is 8.05. The van der Waals surface area contributed by atoms with Crippen LogP contribution in [-0.2, 0) is 4.79 Å². The maximum atomic E-state index is 12.2. The smallest absolute Gasteiger partial charge is 0.315 e. The first kappa shape index (κ1) is 18.8. The van der Waals surface area contributed by atoms with E-state index in [4.69, 9.17) is 11.6 Å². The van der Waals surface area contributed by atoms with Crippen LogP contribution in [0.2, 0.25) is 5.02 Å². The molecule has 2 aromatic carbocycles. The van der Waals surface area contributed by atoms with Crippen LogP contribution >= 0.6 is 11.6 Å². The standard InChI is InChI=1S/C19H22ClN3O2/c1-12(15-7-9-17(20)10-8-15)21-19(25)22-13(2)16-5-4-6-18(11-16)23-14(3)24/h4-13H,1-3H3,(H,23,24)(H2,21,22,25)/t12-,13-/m1/s1. The topological polar surface area (TPSA) is 70.2 Å². The molecule has 0 heterocycles. The average Bonchev–Trinajstić information content (AvgIpc) is 2.54. The number of hydrogen-bond donors (Lipinski definition) is 3. The molecule has 0 saturated heterocycles. The number of carbonyl (C=O) groups excluding carboxylic acids is 2. The average molecular weight is 360 g/mol. The summed E-state index contributed by atoms with van der Waals surface area (Å²) in [7, 11) is 0. The van der Waals surface area contributed by atoms with Crippen LogP contribution in [0.1, 0.15) is 44.0 Å². The maximum absolute atomic E-state index is 12.2. The van der Waals surface area contributed by atoms with Crippen LogP contribution in [0.5, 0.6) is 0 Å². The van der Waals surface area contributed by atoms with Gasteiger partial charge in [-0.25, -0.2) is 4.79 Å². The number of nitrogens with one attached hydrogen (secondary N) is 3. The molecule has 6 heteroatoms. The van der Waals surface area contributed by atoms with Gasteiger partial charge in [-0.15, -0.1) is 0 Å². The SMILES string of the molecule is CC(=O)Nc1cccc([C@@H](C)NC(=O)N[C@H](C)c2ccc(Cl)cc2)c1. The zero-order chi connectivity index (χ0) is 18.4. The Morgan fingerprint density at radius 2 is 1.52 bits per heavy atom. The van der Waals surface area contributed by atoms with Crippen molar-refractivity contribution < 1.29 is 9.59 Å². The highest BCUT2D eigenvalue weighted by Gasteiger charge is 2.13. The Balaban J connectivity index is 1.95. The predicted molar refractivity (Wildman–Crippen MR) is 101 cm³/mol. The molecule has 2 rings (SSSR count). The fourth-order valence-electron chi connectivity index (χ4n) is 2.44. The van der Waals surface area contributed by atoms with Crippen molar-refractivity contribution in [2.24, 2.45) is 0 Å². The van der Waals surface area contributed by atoms with Gasteiger partial charge in [-0.1, -0.05) is 35.9 Å². The number of amides is 3. The Morgan fingerprint density at radius 3 is 2.12 bits per heavy atom. The summed E-state index contributed by atoms with van der Waals surface area (Å²) >= 11 is 5.88. The van der Waals surface area contributed by atoms with Crippen LogP contribution in [0, 0.1) is 0 Å². The molecule has 0 unspecified atom stereocenters. The third-order valence-electron chi connectivity index (χ3n) is 3.77. The molecule has 0 bridgehead atoms. The van der Waals surface area contributed by atoms with E-state index in [-0.39, 0.29) is 24.0 Å². The molecule has 0 spiro atoms. The van der Waals surface area contributed by atoms with E-state index in [1.807, 2.05) is 44.2 Å². The van der Waals surface area contributed by atoms with Crippen molar-refractivity contribution in [1.82, 2.24) is 10.6 Å². The van der Waals surface area contributed by atoms with Crippen molar-refractivity contribution >= 4 is 29.2 Å². The van der Waals surface area contributed by atoms with E-state index in [0.29, 0.717) is 10.7 Å². The van der Waals surface area contributed by atoms with Gasteiger partial charge in [0.15, 0.2) is 0 Å². The van der Waals surface area contributed by atoms with Crippen LogP contribution in [0.4, 0.5) is 10.5 Å². The van der Waals surface area contributed by atoms with Crippen molar-refractivity contribution in [1.29, 1.82) is 0 Å². The molecule has 25 heavy (non-hydrogen) atoms. The van der Waals surface area contributed by atoms with E-state index < -0.39 is 0 Å². The lowest BCUT2D eigenvalue weighted by atomic mass is 10.1. The maximum Gasteiger partial charge on any atom is 0.315 e. The van der Waals surface area contributed by atoms with Crippen LogP contribution in [0.15, 0.2) is 48.5 Å². The minimum Gasteiger partial charge on any atom is -0.332 e. The lowest BCUT2D eigenvalue weighted by molar-refractivity contribution is -0.114. The molecule has 2 atom stereocenters. The van der Waals surface area contributed by atoms with Gasteiger partial charge in [-0.2, -0.15) is 0 Å². The van der Waals surface area contributed by atoms with E-state index >= 15 is 0 Å². The highest BCUT2D eigenvalue weighted by Crippen LogP contribution is 2.18. The van der Waals surface area contributed by atoms with Crippen molar-refractivity contribution in [3.05, 3.63) is 64.7 Å². The lowest BCUT2D eigenvalue weighted by Crippen LogP contribution is -2.38. The minimum absolute atomic E-state index is 0.132. The minimum atomic E-state index is -0.264. The molecule has 0 radical (unpaired) electrons. The Bertz CT molecular complexity index is 747. The van der Waals surface area contributed by atoms with Crippen molar-refractivity contribution in [2.45, 2.75) is 32.9 Å². The number of benzene rings is 2. The summed E-state index contributed by atoms with van der Waals surface area (Å²) in [6.45, 7) is 5.25. The predicted octanol–water partition coefficient (Wildman–Crippen LogP) is 4.42. The molecule has 2 aromatic rings. The van der Waals surface area contributed by atoms with Gasteiger partial charge < -0.3 is 16.0 Å². The Labute approximate surface area is 152 Å². The number of anilines is 1.